The van der Waals surface area contributed by atoms with Gasteiger partial charge in [-0.15, -0.1) is 0 Å². The molecular formula is C21H28N4O4. The number of unbranched alkanes of at least 4 members (excludes halogenated alkanes) is 2. The van der Waals surface area contributed by atoms with Crippen molar-refractivity contribution in [3.63, 3.8) is 0 Å². The highest BCUT2D eigenvalue weighted by Gasteiger charge is 2.36. The molecule has 29 heavy (non-hydrogen) atoms. The fourth-order valence-corrected chi connectivity index (χ4v) is 3.11. The third-order valence-corrected chi connectivity index (χ3v) is 4.87. The van der Waals surface area contributed by atoms with Crippen molar-refractivity contribution in [3.8, 4) is 0 Å². The Morgan fingerprint density at radius 1 is 1.28 bits per heavy atom. The summed E-state index contributed by atoms with van der Waals surface area (Å²) < 4.78 is 5.09. The first kappa shape index (κ1) is 22.3. The number of aliphatic imine (C=N–C) groups is 1. The van der Waals surface area contributed by atoms with E-state index in [4.69, 9.17) is 15.9 Å². The fraction of sp³-hybridized carbons (Fsp3) is 0.476. The number of amides is 3. The van der Waals surface area contributed by atoms with Gasteiger partial charge in [0, 0.05) is 5.41 Å². The highest BCUT2D eigenvalue weighted by atomic mass is 16.5. The first-order valence-electron chi connectivity index (χ1n) is 9.71. The van der Waals surface area contributed by atoms with Gasteiger partial charge >= 0.3 is 6.09 Å². The molecule has 8 heteroatoms. The number of nitrogens with zero attached hydrogens (tertiary/aromatic N) is 1. The van der Waals surface area contributed by atoms with Crippen LogP contribution in [-0.2, 0) is 4.74 Å². The Hall–Kier alpha value is -3.03. The summed E-state index contributed by atoms with van der Waals surface area (Å²) in [6.07, 6.45) is 2.41. The van der Waals surface area contributed by atoms with Crippen molar-refractivity contribution < 1.29 is 19.1 Å². The second-order valence-electron chi connectivity index (χ2n) is 7.74. The van der Waals surface area contributed by atoms with Crippen molar-refractivity contribution in [3.05, 3.63) is 35.4 Å². The van der Waals surface area contributed by atoms with E-state index in [-0.39, 0.29) is 29.2 Å². The molecule has 0 radical (unpaired) electrons. The number of hydrogen-bond acceptors (Lipinski definition) is 5. The quantitative estimate of drug-likeness (QED) is 0.578. The minimum absolute atomic E-state index is 0.0395. The van der Waals surface area contributed by atoms with Crippen LogP contribution in [0.15, 0.2) is 29.3 Å². The molecule has 1 aromatic rings. The predicted octanol–water partition coefficient (Wildman–Crippen LogP) is 3.10. The summed E-state index contributed by atoms with van der Waals surface area (Å²) in [5, 5.41) is 11.4. The van der Waals surface area contributed by atoms with E-state index in [1.54, 1.807) is 26.0 Å². The average molecular weight is 400 g/mol. The van der Waals surface area contributed by atoms with Crippen LogP contribution < -0.4 is 11.1 Å². The Morgan fingerprint density at radius 3 is 2.55 bits per heavy atom. The topological polar surface area (TPSA) is 135 Å². The zero-order chi connectivity index (χ0) is 21.6. The minimum atomic E-state index is -0.775. The first-order valence-corrected chi connectivity index (χ1v) is 9.71. The lowest BCUT2D eigenvalue weighted by atomic mass is 9.82. The lowest BCUT2D eigenvalue weighted by molar-refractivity contribution is 0.0929. The minimum Gasteiger partial charge on any atom is -0.447 e. The van der Waals surface area contributed by atoms with Crippen molar-refractivity contribution >= 4 is 29.3 Å². The van der Waals surface area contributed by atoms with E-state index < -0.39 is 29.4 Å². The van der Waals surface area contributed by atoms with Crippen LogP contribution in [0.25, 0.3) is 0 Å². The molecule has 0 aliphatic carbocycles. The molecule has 2 rings (SSSR count). The van der Waals surface area contributed by atoms with Crippen LogP contribution in [0, 0.1) is 10.8 Å². The van der Waals surface area contributed by atoms with Gasteiger partial charge in [0.05, 0.1) is 28.6 Å². The molecule has 0 saturated carbocycles. The molecule has 0 spiro atoms. The number of benzene rings is 1. The lowest BCUT2D eigenvalue weighted by Gasteiger charge is -2.27. The number of nitrogens with two attached hydrogens (primary N) is 1. The summed E-state index contributed by atoms with van der Waals surface area (Å²) in [7, 11) is 0. The Kier molecular flexibility index (Phi) is 7.25. The smallest absolute Gasteiger partial charge is 0.433 e. The highest BCUT2D eigenvalue weighted by Crippen LogP contribution is 2.24. The Labute approximate surface area is 170 Å². The van der Waals surface area contributed by atoms with E-state index in [0.29, 0.717) is 6.42 Å². The van der Waals surface area contributed by atoms with Gasteiger partial charge in [-0.1, -0.05) is 52.2 Å². The van der Waals surface area contributed by atoms with E-state index in [0.717, 1.165) is 19.3 Å². The van der Waals surface area contributed by atoms with Crippen LogP contribution in [-0.4, -0.2) is 42.0 Å². The van der Waals surface area contributed by atoms with Crippen molar-refractivity contribution in [1.82, 2.24) is 5.32 Å². The normalized spacial score (nSPS) is 17.0. The van der Waals surface area contributed by atoms with E-state index in [1.807, 2.05) is 0 Å². The van der Waals surface area contributed by atoms with Gasteiger partial charge in [0.1, 0.15) is 6.61 Å². The van der Waals surface area contributed by atoms with E-state index in [2.05, 4.69) is 17.2 Å². The number of ether oxygens (including phenoxy) is 1. The van der Waals surface area contributed by atoms with Crippen LogP contribution in [0.2, 0.25) is 0 Å². The van der Waals surface area contributed by atoms with Crippen LogP contribution >= 0.6 is 0 Å². The molecule has 1 aliphatic rings. The maximum atomic E-state index is 12.9. The SMILES string of the molecule is CCCCCC(NC(=O)c1ccccc1C(N)=O)C1=NC(=O)OCC(C)(C)C1=N. The molecule has 1 aliphatic heterocycles. The van der Waals surface area contributed by atoms with Gasteiger partial charge in [-0.2, -0.15) is 4.99 Å². The molecule has 1 atom stereocenters. The summed E-state index contributed by atoms with van der Waals surface area (Å²) in [4.78, 5) is 40.5. The van der Waals surface area contributed by atoms with Crippen molar-refractivity contribution in [2.24, 2.45) is 16.1 Å². The second-order valence-corrected chi connectivity index (χ2v) is 7.74. The predicted molar refractivity (Wildman–Crippen MR) is 111 cm³/mol. The summed E-state index contributed by atoms with van der Waals surface area (Å²) in [5.41, 5.74) is 5.24. The monoisotopic (exact) mass is 400 g/mol. The van der Waals surface area contributed by atoms with E-state index in [1.165, 1.54) is 12.1 Å². The highest BCUT2D eigenvalue weighted by molar-refractivity contribution is 6.46. The van der Waals surface area contributed by atoms with Crippen molar-refractivity contribution in [2.45, 2.75) is 52.5 Å². The lowest BCUT2D eigenvalue weighted by Crippen LogP contribution is -2.47. The van der Waals surface area contributed by atoms with Gasteiger partial charge in [-0.05, 0) is 18.6 Å². The zero-order valence-electron chi connectivity index (χ0n) is 17.1. The summed E-state index contributed by atoms with van der Waals surface area (Å²) in [5.74, 6) is -1.21. The average Bonchev–Trinajstić information content (AvgIpc) is 2.78. The molecule has 0 fully saturated rings. The molecule has 3 amide bonds. The maximum Gasteiger partial charge on any atom is 0.433 e. The fourth-order valence-electron chi connectivity index (χ4n) is 3.11. The number of hydrogen-bond donors (Lipinski definition) is 3. The molecule has 0 bridgehead atoms. The summed E-state index contributed by atoms with van der Waals surface area (Å²) in [6, 6.07) is 5.59. The molecule has 1 heterocycles. The molecule has 4 N–H and O–H groups in total. The van der Waals surface area contributed by atoms with Gasteiger partial charge in [-0.3, -0.25) is 9.59 Å². The standard InChI is InChI=1S/C21H28N4O4/c1-4-5-6-11-15(16-17(22)21(2,3)12-29-20(28)25-16)24-19(27)14-10-8-7-9-13(14)18(23)26/h7-10,15,22H,4-6,11-12H2,1-3H3,(H2,23,26)(H,24,27). The number of carbonyl (C=O) groups excluding carboxylic acids is 3. The van der Waals surface area contributed by atoms with Gasteiger partial charge in [0.15, 0.2) is 0 Å². The molecule has 1 aromatic carbocycles. The van der Waals surface area contributed by atoms with Crippen molar-refractivity contribution in [2.75, 3.05) is 6.61 Å². The van der Waals surface area contributed by atoms with Crippen LogP contribution in [0.4, 0.5) is 4.79 Å². The number of carbonyl (C=O) groups is 3. The molecule has 1 unspecified atom stereocenters. The second kappa shape index (κ2) is 9.45. The molecular weight excluding hydrogens is 372 g/mol. The number of nitrogens with one attached hydrogen (secondary N) is 2. The zero-order valence-corrected chi connectivity index (χ0v) is 17.1. The Morgan fingerprint density at radius 2 is 1.93 bits per heavy atom. The Balaban J connectivity index is 2.37. The number of rotatable bonds is 8. The van der Waals surface area contributed by atoms with E-state index in [9.17, 15) is 14.4 Å². The number of primary amides is 1. The first-order chi connectivity index (χ1) is 13.7. The van der Waals surface area contributed by atoms with E-state index >= 15 is 0 Å². The van der Waals surface area contributed by atoms with Crippen molar-refractivity contribution in [1.29, 1.82) is 5.41 Å². The largest absolute Gasteiger partial charge is 0.447 e. The van der Waals surface area contributed by atoms with Gasteiger partial charge in [0.2, 0.25) is 5.91 Å². The number of cyclic esters (lactones) is 1. The van der Waals surface area contributed by atoms with Crippen LogP contribution in [0.3, 0.4) is 0 Å². The summed E-state index contributed by atoms with van der Waals surface area (Å²) >= 11 is 0. The van der Waals surface area contributed by atoms with Gasteiger partial charge < -0.3 is 21.2 Å². The maximum absolute atomic E-state index is 12.9. The molecule has 8 nitrogen and oxygen atoms in total. The third-order valence-electron chi connectivity index (χ3n) is 4.87. The van der Waals surface area contributed by atoms with Gasteiger partial charge in [-0.25, -0.2) is 4.79 Å². The molecule has 0 aromatic heterocycles. The Bertz CT molecular complexity index is 845. The third kappa shape index (κ3) is 5.49. The summed E-state index contributed by atoms with van der Waals surface area (Å²) in [6.45, 7) is 5.67. The van der Waals surface area contributed by atoms with Gasteiger partial charge in [0.25, 0.3) is 5.91 Å². The molecule has 156 valence electrons. The van der Waals surface area contributed by atoms with Crippen LogP contribution in [0.1, 0.15) is 67.2 Å². The van der Waals surface area contributed by atoms with Crippen LogP contribution in [0.5, 0.6) is 0 Å². The molecule has 0 saturated heterocycles.